The minimum absolute atomic E-state index is 0.0666. The number of alkyl halides is 2. The van der Waals surface area contributed by atoms with E-state index in [1.165, 1.54) is 0 Å². The van der Waals surface area contributed by atoms with Crippen molar-refractivity contribution in [2.24, 2.45) is 11.8 Å². The molecule has 1 atom stereocenters. The Bertz CT molecular complexity index is 343. The number of halogens is 2. The fraction of sp³-hybridized carbons (Fsp3) is 0.846. The molecule has 0 aromatic carbocycles. The molecule has 1 fully saturated rings. The minimum Gasteiger partial charge on any atom is -0.385 e. The molecule has 1 saturated heterocycles. The Kier molecular flexibility index (Phi) is 6.32. The number of amides is 2. The number of carbonyl (C=O) groups excluding carboxylic acids is 2. The number of aliphatic hydroxyl groups excluding tert-OH is 1. The molecule has 1 rings (SSSR count). The maximum atomic E-state index is 12.1. The molecule has 1 aliphatic heterocycles. The predicted molar refractivity (Wildman–Crippen MR) is 69.2 cm³/mol. The van der Waals surface area contributed by atoms with Gasteiger partial charge in [0.15, 0.2) is 0 Å². The van der Waals surface area contributed by atoms with Crippen molar-refractivity contribution in [1.29, 1.82) is 0 Å². The lowest BCUT2D eigenvalue weighted by molar-refractivity contribution is -0.138. The molecular formula is C13H22F2N2O3. The van der Waals surface area contributed by atoms with Gasteiger partial charge in [0.25, 0.3) is 6.43 Å². The van der Waals surface area contributed by atoms with Gasteiger partial charge >= 0.3 is 0 Å². The van der Waals surface area contributed by atoms with E-state index in [0.29, 0.717) is 25.9 Å². The summed E-state index contributed by atoms with van der Waals surface area (Å²) in [7, 11) is 0. The summed E-state index contributed by atoms with van der Waals surface area (Å²) in [4.78, 5) is 25.3. The Labute approximate surface area is 117 Å². The van der Waals surface area contributed by atoms with Crippen molar-refractivity contribution in [3.63, 3.8) is 0 Å². The van der Waals surface area contributed by atoms with Crippen molar-refractivity contribution in [2.45, 2.75) is 39.2 Å². The van der Waals surface area contributed by atoms with Crippen LogP contribution in [0.15, 0.2) is 0 Å². The summed E-state index contributed by atoms with van der Waals surface area (Å²) < 4.78 is 24.2. The first-order valence-corrected chi connectivity index (χ1v) is 6.85. The molecule has 0 aromatic heterocycles. The fourth-order valence-electron chi connectivity index (χ4n) is 2.17. The molecular weight excluding hydrogens is 270 g/mol. The molecule has 0 spiro atoms. The quantitative estimate of drug-likeness (QED) is 0.780. The standard InChI is InChI=1S/C13H22F2N2O3/c1-8(2)13(20)17-5-3-9(4-6-17)12(19)16-7-10(18)11(14)15/h8-11,18H,3-7H2,1-2H3,(H,16,19). The van der Waals surface area contributed by atoms with Gasteiger partial charge in [-0.05, 0) is 12.8 Å². The summed E-state index contributed by atoms with van der Waals surface area (Å²) in [6, 6.07) is 0. The SMILES string of the molecule is CC(C)C(=O)N1CCC(C(=O)NCC(O)C(F)F)CC1. The van der Waals surface area contributed by atoms with Gasteiger partial charge in [0.2, 0.25) is 11.8 Å². The lowest BCUT2D eigenvalue weighted by Crippen LogP contribution is -2.45. The third-order valence-corrected chi connectivity index (χ3v) is 3.45. The van der Waals surface area contributed by atoms with Gasteiger partial charge in [-0.15, -0.1) is 0 Å². The van der Waals surface area contributed by atoms with Crippen LogP contribution in [0.4, 0.5) is 8.78 Å². The maximum absolute atomic E-state index is 12.1. The van der Waals surface area contributed by atoms with Gasteiger partial charge < -0.3 is 15.3 Å². The molecule has 0 aromatic rings. The van der Waals surface area contributed by atoms with Crippen molar-refractivity contribution in [3.8, 4) is 0 Å². The number of hydrogen-bond donors (Lipinski definition) is 2. The molecule has 0 saturated carbocycles. The number of hydrogen-bond acceptors (Lipinski definition) is 3. The second-order valence-corrected chi connectivity index (χ2v) is 5.40. The van der Waals surface area contributed by atoms with Crippen LogP contribution in [0.2, 0.25) is 0 Å². The number of piperidine rings is 1. The van der Waals surface area contributed by atoms with Crippen molar-refractivity contribution < 1.29 is 23.5 Å². The Balaban J connectivity index is 2.34. The first kappa shape index (κ1) is 16.8. The lowest BCUT2D eigenvalue weighted by Gasteiger charge is -2.32. The third-order valence-electron chi connectivity index (χ3n) is 3.45. The lowest BCUT2D eigenvalue weighted by atomic mass is 9.95. The van der Waals surface area contributed by atoms with E-state index in [4.69, 9.17) is 5.11 Å². The molecule has 0 bridgehead atoms. The van der Waals surface area contributed by atoms with Crippen LogP contribution >= 0.6 is 0 Å². The van der Waals surface area contributed by atoms with E-state index in [1.54, 1.807) is 4.90 Å². The highest BCUT2D eigenvalue weighted by molar-refractivity contribution is 5.80. The number of nitrogens with one attached hydrogen (secondary N) is 1. The number of likely N-dealkylation sites (tertiary alicyclic amines) is 1. The third kappa shape index (κ3) is 4.70. The molecule has 5 nitrogen and oxygen atoms in total. The molecule has 0 radical (unpaired) electrons. The van der Waals surface area contributed by atoms with Gasteiger partial charge in [0.1, 0.15) is 6.10 Å². The topological polar surface area (TPSA) is 69.6 Å². The highest BCUT2D eigenvalue weighted by Gasteiger charge is 2.28. The Morgan fingerprint density at radius 1 is 1.30 bits per heavy atom. The molecule has 2 amide bonds. The molecule has 116 valence electrons. The van der Waals surface area contributed by atoms with Gasteiger partial charge in [-0.1, -0.05) is 13.8 Å². The molecule has 0 aliphatic carbocycles. The van der Waals surface area contributed by atoms with Crippen LogP contribution in [0.5, 0.6) is 0 Å². The van der Waals surface area contributed by atoms with E-state index < -0.39 is 19.1 Å². The van der Waals surface area contributed by atoms with Crippen molar-refractivity contribution in [3.05, 3.63) is 0 Å². The number of aliphatic hydroxyl groups is 1. The first-order valence-electron chi connectivity index (χ1n) is 6.85. The molecule has 1 heterocycles. The van der Waals surface area contributed by atoms with E-state index in [0.717, 1.165) is 0 Å². The summed E-state index contributed by atoms with van der Waals surface area (Å²) in [6.45, 7) is 4.22. The smallest absolute Gasteiger partial charge is 0.265 e. The highest BCUT2D eigenvalue weighted by atomic mass is 19.3. The number of rotatable bonds is 5. The van der Waals surface area contributed by atoms with Gasteiger partial charge in [-0.2, -0.15) is 0 Å². The summed E-state index contributed by atoms with van der Waals surface area (Å²) in [6.07, 6.45) is -3.65. The average molecular weight is 292 g/mol. The second-order valence-electron chi connectivity index (χ2n) is 5.40. The Morgan fingerprint density at radius 3 is 2.30 bits per heavy atom. The Morgan fingerprint density at radius 2 is 1.85 bits per heavy atom. The van der Waals surface area contributed by atoms with Gasteiger partial charge in [-0.3, -0.25) is 9.59 Å². The van der Waals surface area contributed by atoms with Crippen LogP contribution < -0.4 is 5.32 Å². The summed E-state index contributed by atoms with van der Waals surface area (Å²) in [5.41, 5.74) is 0. The van der Waals surface area contributed by atoms with Crippen LogP contribution in [0.3, 0.4) is 0 Å². The Hall–Kier alpha value is -1.24. The molecule has 1 aliphatic rings. The monoisotopic (exact) mass is 292 g/mol. The zero-order valence-electron chi connectivity index (χ0n) is 11.8. The largest absolute Gasteiger partial charge is 0.385 e. The minimum atomic E-state index is -2.86. The van der Waals surface area contributed by atoms with Crippen LogP contribution in [-0.4, -0.2) is 54.0 Å². The average Bonchev–Trinajstić information content (AvgIpc) is 2.43. The maximum Gasteiger partial charge on any atom is 0.265 e. The van der Waals surface area contributed by atoms with Crippen LogP contribution in [-0.2, 0) is 9.59 Å². The normalized spacial score (nSPS) is 18.4. The number of nitrogens with zero attached hydrogens (tertiary/aromatic N) is 1. The van der Waals surface area contributed by atoms with Crippen molar-refractivity contribution in [2.75, 3.05) is 19.6 Å². The van der Waals surface area contributed by atoms with E-state index in [2.05, 4.69) is 5.32 Å². The number of carbonyl (C=O) groups is 2. The summed E-state index contributed by atoms with van der Waals surface area (Å²) in [5.74, 6) is -0.615. The van der Waals surface area contributed by atoms with E-state index >= 15 is 0 Å². The van der Waals surface area contributed by atoms with Crippen LogP contribution in [0, 0.1) is 11.8 Å². The van der Waals surface area contributed by atoms with E-state index in [-0.39, 0.29) is 23.7 Å². The molecule has 1 unspecified atom stereocenters. The van der Waals surface area contributed by atoms with Crippen LogP contribution in [0.25, 0.3) is 0 Å². The van der Waals surface area contributed by atoms with Crippen molar-refractivity contribution >= 4 is 11.8 Å². The predicted octanol–water partition coefficient (Wildman–Crippen LogP) is 0.623. The van der Waals surface area contributed by atoms with Gasteiger partial charge in [0, 0.05) is 31.5 Å². The fourth-order valence-corrected chi connectivity index (χ4v) is 2.17. The van der Waals surface area contributed by atoms with Gasteiger partial charge in [0.05, 0.1) is 0 Å². The van der Waals surface area contributed by atoms with Crippen molar-refractivity contribution in [1.82, 2.24) is 10.2 Å². The highest BCUT2D eigenvalue weighted by Crippen LogP contribution is 2.19. The summed E-state index contributed by atoms with van der Waals surface area (Å²) >= 11 is 0. The molecule has 2 N–H and O–H groups in total. The van der Waals surface area contributed by atoms with E-state index in [1.807, 2.05) is 13.8 Å². The van der Waals surface area contributed by atoms with Crippen LogP contribution in [0.1, 0.15) is 26.7 Å². The van der Waals surface area contributed by atoms with Gasteiger partial charge in [-0.25, -0.2) is 8.78 Å². The molecule has 20 heavy (non-hydrogen) atoms. The first-order chi connectivity index (χ1) is 9.32. The molecule has 7 heteroatoms. The summed E-state index contributed by atoms with van der Waals surface area (Å²) in [5, 5.41) is 11.3. The zero-order chi connectivity index (χ0) is 15.3. The zero-order valence-corrected chi connectivity index (χ0v) is 11.8. The van der Waals surface area contributed by atoms with E-state index in [9.17, 15) is 18.4 Å². The second kappa shape index (κ2) is 7.52.